The Morgan fingerprint density at radius 3 is 2.38 bits per heavy atom. The van der Waals surface area contributed by atoms with Gasteiger partial charge in [-0.15, -0.1) is 11.6 Å². The predicted molar refractivity (Wildman–Crippen MR) is 66.4 cm³/mol. The number of carbonyl (C=O) groups excluding carboxylic acids is 1. The summed E-state index contributed by atoms with van der Waals surface area (Å²) in [6.07, 6.45) is 5.17. The molecule has 0 bridgehead atoms. The van der Waals surface area contributed by atoms with Crippen molar-refractivity contribution in [3.8, 4) is 0 Å². The first-order chi connectivity index (χ1) is 7.55. The monoisotopic (exact) mass is 243 g/mol. The lowest BCUT2D eigenvalue weighted by Gasteiger charge is -2.21. The molecule has 2 rings (SSSR count). The van der Waals surface area contributed by atoms with Crippen LogP contribution in [0.15, 0.2) is 0 Å². The van der Waals surface area contributed by atoms with E-state index in [1.54, 1.807) is 0 Å². The molecule has 3 heteroatoms. The summed E-state index contributed by atoms with van der Waals surface area (Å²) < 4.78 is 0. The minimum absolute atomic E-state index is 0.0112. The van der Waals surface area contributed by atoms with Crippen molar-refractivity contribution >= 4 is 17.5 Å². The van der Waals surface area contributed by atoms with E-state index in [9.17, 15) is 4.79 Å². The third-order valence-electron chi connectivity index (χ3n) is 4.06. The lowest BCUT2D eigenvalue weighted by molar-refractivity contribution is -0.123. The minimum atomic E-state index is 0.0112. The van der Waals surface area contributed by atoms with Crippen LogP contribution >= 0.6 is 11.6 Å². The van der Waals surface area contributed by atoms with Crippen LogP contribution in [0.2, 0.25) is 0 Å². The van der Waals surface area contributed by atoms with Gasteiger partial charge in [0.05, 0.1) is 0 Å². The van der Waals surface area contributed by atoms with E-state index < -0.39 is 0 Å². The van der Waals surface area contributed by atoms with Crippen LogP contribution in [-0.2, 0) is 4.79 Å². The van der Waals surface area contributed by atoms with E-state index in [1.807, 2.05) is 0 Å². The molecule has 1 amide bonds. The first-order valence-corrected chi connectivity index (χ1v) is 6.92. The molecule has 0 heterocycles. The molecule has 92 valence electrons. The van der Waals surface area contributed by atoms with Crippen LogP contribution in [0.25, 0.3) is 0 Å². The molecule has 1 N–H and O–H groups in total. The van der Waals surface area contributed by atoms with Gasteiger partial charge in [-0.3, -0.25) is 4.79 Å². The van der Waals surface area contributed by atoms with Gasteiger partial charge in [0.15, 0.2) is 0 Å². The maximum atomic E-state index is 12.0. The first kappa shape index (κ1) is 12.2. The first-order valence-electron chi connectivity index (χ1n) is 6.39. The number of alkyl halides is 1. The quantitative estimate of drug-likeness (QED) is 0.756. The molecule has 0 aromatic carbocycles. The Kier molecular flexibility index (Phi) is 3.48. The molecule has 2 nitrogen and oxygen atoms in total. The Bertz CT molecular complexity index is 265. The highest BCUT2D eigenvalue weighted by molar-refractivity contribution is 6.18. The molecule has 0 aromatic rings. The summed E-state index contributed by atoms with van der Waals surface area (Å²) in [5, 5.41) is 3.07. The molecule has 2 aliphatic rings. The Hall–Kier alpha value is -0.240. The zero-order chi connectivity index (χ0) is 11.8. The Morgan fingerprint density at radius 2 is 1.88 bits per heavy atom. The van der Waals surface area contributed by atoms with Crippen molar-refractivity contribution in [2.45, 2.75) is 39.5 Å². The van der Waals surface area contributed by atoms with Crippen LogP contribution in [0.4, 0.5) is 0 Å². The number of hydrogen-bond donors (Lipinski definition) is 1. The van der Waals surface area contributed by atoms with Crippen molar-refractivity contribution in [1.29, 1.82) is 0 Å². The van der Waals surface area contributed by atoms with Crippen molar-refractivity contribution in [2.24, 2.45) is 23.2 Å². The maximum Gasteiger partial charge on any atom is 0.223 e. The summed E-state index contributed by atoms with van der Waals surface area (Å²) in [7, 11) is 0. The molecular weight excluding hydrogens is 222 g/mol. The number of carbonyl (C=O) groups is 1. The van der Waals surface area contributed by atoms with Crippen LogP contribution < -0.4 is 5.32 Å². The smallest absolute Gasteiger partial charge is 0.223 e. The topological polar surface area (TPSA) is 29.1 Å². The van der Waals surface area contributed by atoms with Gasteiger partial charge in [0, 0.05) is 18.3 Å². The average Bonchev–Trinajstić information content (AvgIpc) is 3.00. The normalized spacial score (nSPS) is 33.1. The van der Waals surface area contributed by atoms with E-state index in [0.29, 0.717) is 30.2 Å². The van der Waals surface area contributed by atoms with Crippen molar-refractivity contribution in [3.05, 3.63) is 0 Å². The van der Waals surface area contributed by atoms with E-state index in [1.165, 1.54) is 25.7 Å². The van der Waals surface area contributed by atoms with Crippen LogP contribution in [0.3, 0.4) is 0 Å². The van der Waals surface area contributed by atoms with Gasteiger partial charge < -0.3 is 5.32 Å². The fourth-order valence-corrected chi connectivity index (χ4v) is 2.97. The summed E-state index contributed by atoms with van der Waals surface area (Å²) in [5.74, 6) is 2.59. The SMILES string of the molecule is CC(C)(CCl)CNC(=O)C1C2CCCCC21. The standard InChI is InChI=1S/C13H22ClNO/c1-13(2,7-14)8-15-12(16)11-9-5-3-4-6-10(9)11/h9-11H,3-8H2,1-2H3,(H,15,16). The molecule has 0 saturated heterocycles. The largest absolute Gasteiger partial charge is 0.355 e. The number of rotatable bonds is 4. The molecule has 2 atom stereocenters. The number of hydrogen-bond acceptors (Lipinski definition) is 1. The summed E-state index contributed by atoms with van der Waals surface area (Å²) >= 11 is 5.84. The van der Waals surface area contributed by atoms with Crippen molar-refractivity contribution in [1.82, 2.24) is 5.32 Å². The minimum Gasteiger partial charge on any atom is -0.355 e. The van der Waals surface area contributed by atoms with E-state index in [2.05, 4.69) is 19.2 Å². The molecule has 0 aliphatic heterocycles. The van der Waals surface area contributed by atoms with Gasteiger partial charge in [0.1, 0.15) is 0 Å². The van der Waals surface area contributed by atoms with Gasteiger partial charge in [-0.2, -0.15) is 0 Å². The molecule has 2 aliphatic carbocycles. The molecule has 2 fully saturated rings. The number of nitrogens with one attached hydrogen (secondary N) is 1. The van der Waals surface area contributed by atoms with E-state index >= 15 is 0 Å². The van der Waals surface area contributed by atoms with Gasteiger partial charge in [-0.1, -0.05) is 26.7 Å². The van der Waals surface area contributed by atoms with Crippen molar-refractivity contribution < 1.29 is 4.79 Å². The fraction of sp³-hybridized carbons (Fsp3) is 0.923. The van der Waals surface area contributed by atoms with Crippen LogP contribution in [0.5, 0.6) is 0 Å². The molecule has 0 radical (unpaired) electrons. The second-order valence-electron chi connectivity index (χ2n) is 6.15. The Morgan fingerprint density at radius 1 is 1.31 bits per heavy atom. The van der Waals surface area contributed by atoms with Crippen molar-refractivity contribution in [2.75, 3.05) is 12.4 Å². The summed E-state index contributed by atoms with van der Waals surface area (Å²) in [6, 6.07) is 0. The third-order valence-corrected chi connectivity index (χ3v) is 4.79. The van der Waals surface area contributed by atoms with Crippen LogP contribution in [-0.4, -0.2) is 18.3 Å². The van der Waals surface area contributed by atoms with Gasteiger partial charge >= 0.3 is 0 Å². The van der Waals surface area contributed by atoms with Gasteiger partial charge in [0.25, 0.3) is 0 Å². The highest BCUT2D eigenvalue weighted by Crippen LogP contribution is 2.55. The zero-order valence-electron chi connectivity index (χ0n) is 10.3. The molecule has 16 heavy (non-hydrogen) atoms. The fourth-order valence-electron chi connectivity index (χ4n) is 2.87. The lowest BCUT2D eigenvalue weighted by atomic mass is 9.96. The molecule has 2 unspecified atom stereocenters. The van der Waals surface area contributed by atoms with E-state index in [4.69, 9.17) is 11.6 Å². The molecule has 2 saturated carbocycles. The predicted octanol–water partition coefficient (Wildman–Crippen LogP) is 2.80. The van der Waals surface area contributed by atoms with Gasteiger partial charge in [0.2, 0.25) is 5.91 Å². The third kappa shape index (κ3) is 2.53. The Labute approximate surface area is 103 Å². The van der Waals surface area contributed by atoms with Crippen LogP contribution in [0, 0.1) is 23.2 Å². The van der Waals surface area contributed by atoms with Gasteiger partial charge in [-0.25, -0.2) is 0 Å². The maximum absolute atomic E-state index is 12.0. The van der Waals surface area contributed by atoms with E-state index in [-0.39, 0.29) is 11.3 Å². The number of fused-ring (bicyclic) bond motifs is 1. The highest BCUT2D eigenvalue weighted by Gasteiger charge is 2.54. The molecular formula is C13H22ClNO. The molecule has 0 spiro atoms. The molecule has 0 aromatic heterocycles. The highest BCUT2D eigenvalue weighted by atomic mass is 35.5. The number of amides is 1. The average molecular weight is 244 g/mol. The lowest BCUT2D eigenvalue weighted by Crippen LogP contribution is -2.36. The van der Waals surface area contributed by atoms with Gasteiger partial charge in [-0.05, 0) is 30.1 Å². The second-order valence-corrected chi connectivity index (χ2v) is 6.42. The Balaban J connectivity index is 1.77. The zero-order valence-corrected chi connectivity index (χ0v) is 11.0. The summed E-state index contributed by atoms with van der Waals surface area (Å²) in [5.41, 5.74) is 0.0112. The second kappa shape index (κ2) is 4.56. The summed E-state index contributed by atoms with van der Waals surface area (Å²) in [6.45, 7) is 4.87. The van der Waals surface area contributed by atoms with Crippen molar-refractivity contribution in [3.63, 3.8) is 0 Å². The van der Waals surface area contributed by atoms with E-state index in [0.717, 1.165) is 0 Å². The number of halogens is 1. The summed E-state index contributed by atoms with van der Waals surface area (Å²) in [4.78, 5) is 12.0. The van der Waals surface area contributed by atoms with Crippen LogP contribution in [0.1, 0.15) is 39.5 Å².